The van der Waals surface area contributed by atoms with Crippen molar-refractivity contribution < 1.29 is 39.4 Å². The van der Waals surface area contributed by atoms with Crippen LogP contribution >= 0.6 is 0 Å². The van der Waals surface area contributed by atoms with Crippen LogP contribution in [-0.4, -0.2) is 35.4 Å². The smallest absolute Gasteiger partial charge is 0.342 e. The summed E-state index contributed by atoms with van der Waals surface area (Å²) in [5, 5.41) is 21.3. The zero-order valence-corrected chi connectivity index (χ0v) is 26.7. The van der Waals surface area contributed by atoms with Crippen LogP contribution in [0.1, 0.15) is 113 Å². The summed E-state index contributed by atoms with van der Waals surface area (Å²) in [5.41, 5.74) is 4.85. The highest BCUT2D eigenvalue weighted by Gasteiger charge is 2.22. The van der Waals surface area contributed by atoms with E-state index in [0.717, 1.165) is 46.2 Å². The molecule has 2 N–H and O–H groups in total. The van der Waals surface area contributed by atoms with E-state index in [2.05, 4.69) is 0 Å². The number of benzene rings is 2. The predicted molar refractivity (Wildman–Crippen MR) is 162 cm³/mol. The van der Waals surface area contributed by atoms with Gasteiger partial charge in [0.1, 0.15) is 11.5 Å². The molecule has 0 amide bonds. The summed E-state index contributed by atoms with van der Waals surface area (Å²) in [7, 11) is 0. The van der Waals surface area contributed by atoms with E-state index in [1.54, 1.807) is 0 Å². The van der Waals surface area contributed by atoms with Gasteiger partial charge >= 0.3 is 11.9 Å². The van der Waals surface area contributed by atoms with Crippen LogP contribution in [0, 0.1) is 13.8 Å². The van der Waals surface area contributed by atoms with Crippen LogP contribution in [0.25, 0.3) is 0 Å². The minimum atomic E-state index is -0.476. The number of phenolic OH excluding ortho intramolecular Hbond substituents is 2. The zero-order chi connectivity index (χ0) is 31.5. The summed E-state index contributed by atoms with van der Waals surface area (Å²) in [6.07, 6.45) is 4.05. The fraction of sp³-hybridized carbons (Fsp3) is 0.588. The Bertz CT molecular complexity index is 1090. The van der Waals surface area contributed by atoms with Crippen molar-refractivity contribution in [2.45, 2.75) is 118 Å². The number of aryl methyl sites for hydroxylation is 4. The number of carbonyl (C=O) groups excluding carboxylic acids is 2. The summed E-state index contributed by atoms with van der Waals surface area (Å²) in [6, 6.07) is 7.73. The SMILES string of the molecule is Cc1cc(CCC(=O)OOCCCCCCOOC(=O)CCc2cc(C)cc(C(C)(C)C)c2O)c(O)c(C(C)(C)C)c1. The number of aromatic hydroxyl groups is 2. The van der Waals surface area contributed by atoms with Gasteiger partial charge in [0.15, 0.2) is 0 Å². The molecule has 0 unspecified atom stereocenters. The van der Waals surface area contributed by atoms with E-state index in [4.69, 9.17) is 19.6 Å². The molecule has 0 bridgehead atoms. The summed E-state index contributed by atoms with van der Waals surface area (Å²) >= 11 is 0. The van der Waals surface area contributed by atoms with Crippen molar-refractivity contribution in [3.8, 4) is 11.5 Å². The molecule has 0 atom stereocenters. The van der Waals surface area contributed by atoms with Crippen LogP contribution in [0.3, 0.4) is 0 Å². The summed E-state index contributed by atoms with van der Waals surface area (Å²) in [4.78, 5) is 44.0. The van der Waals surface area contributed by atoms with Crippen molar-refractivity contribution in [3.63, 3.8) is 0 Å². The number of carbonyl (C=O) groups is 2. The van der Waals surface area contributed by atoms with Gasteiger partial charge in [0.2, 0.25) is 0 Å². The maximum atomic E-state index is 12.1. The number of hydrogen-bond acceptors (Lipinski definition) is 8. The molecule has 2 aromatic rings. The third kappa shape index (κ3) is 11.6. The molecule has 0 saturated carbocycles. The van der Waals surface area contributed by atoms with Crippen molar-refractivity contribution in [1.82, 2.24) is 0 Å². The second-order valence-corrected chi connectivity index (χ2v) is 13.1. The van der Waals surface area contributed by atoms with Crippen LogP contribution in [0.4, 0.5) is 0 Å². The van der Waals surface area contributed by atoms with Gasteiger partial charge in [-0.15, -0.1) is 0 Å². The normalized spacial score (nSPS) is 11.9. The molecule has 42 heavy (non-hydrogen) atoms. The molecular formula is C34H50O8. The standard InChI is InChI=1S/C34H50O8/c1-23-19-25(31(37)27(21-23)33(3,4)5)13-15-29(35)41-39-17-11-9-10-12-18-40-42-30(36)16-14-26-20-24(2)22-28(32(26)38)34(6,7)8/h19-22,37-38H,9-18H2,1-8H3. The lowest BCUT2D eigenvalue weighted by Gasteiger charge is -2.23. The van der Waals surface area contributed by atoms with E-state index in [1.807, 2.05) is 79.7 Å². The second-order valence-electron chi connectivity index (χ2n) is 13.1. The van der Waals surface area contributed by atoms with Gasteiger partial charge in [-0.05, 0) is 72.6 Å². The van der Waals surface area contributed by atoms with Gasteiger partial charge in [0.05, 0.1) is 26.1 Å². The third-order valence-corrected chi connectivity index (χ3v) is 6.99. The Labute approximate surface area is 251 Å². The van der Waals surface area contributed by atoms with Gasteiger partial charge in [-0.25, -0.2) is 9.59 Å². The molecule has 8 nitrogen and oxygen atoms in total. The lowest BCUT2D eigenvalue weighted by atomic mass is 9.83. The molecule has 234 valence electrons. The first kappa shape index (κ1) is 35.1. The maximum Gasteiger partial charge on any atom is 0.342 e. The molecular weight excluding hydrogens is 536 g/mol. The minimum Gasteiger partial charge on any atom is -0.507 e. The third-order valence-electron chi connectivity index (χ3n) is 6.99. The first-order valence-corrected chi connectivity index (χ1v) is 14.9. The van der Waals surface area contributed by atoms with E-state index >= 15 is 0 Å². The van der Waals surface area contributed by atoms with Crippen molar-refractivity contribution in [1.29, 1.82) is 0 Å². The molecule has 0 heterocycles. The van der Waals surface area contributed by atoms with Crippen molar-refractivity contribution in [2.75, 3.05) is 13.2 Å². The van der Waals surface area contributed by atoms with E-state index in [1.165, 1.54) is 0 Å². The lowest BCUT2D eigenvalue weighted by Crippen LogP contribution is -2.13. The lowest BCUT2D eigenvalue weighted by molar-refractivity contribution is -0.274. The zero-order valence-electron chi connectivity index (χ0n) is 26.7. The molecule has 0 aliphatic carbocycles. The second kappa shape index (κ2) is 15.9. The summed E-state index contributed by atoms with van der Waals surface area (Å²) in [5.74, 6) is -0.484. The first-order chi connectivity index (χ1) is 19.6. The highest BCUT2D eigenvalue weighted by atomic mass is 17.2. The van der Waals surface area contributed by atoms with E-state index in [9.17, 15) is 19.8 Å². The van der Waals surface area contributed by atoms with Crippen LogP contribution < -0.4 is 0 Å². The number of rotatable bonds is 15. The molecule has 0 fully saturated rings. The highest BCUT2D eigenvalue weighted by molar-refractivity contribution is 5.69. The minimum absolute atomic E-state index is 0.112. The topological polar surface area (TPSA) is 112 Å². The number of phenols is 2. The molecule has 0 aliphatic heterocycles. The molecule has 0 aromatic heterocycles. The first-order valence-electron chi connectivity index (χ1n) is 14.9. The van der Waals surface area contributed by atoms with Gasteiger partial charge in [-0.3, -0.25) is 9.78 Å². The Morgan fingerprint density at radius 1 is 0.619 bits per heavy atom. The molecule has 0 radical (unpaired) electrons. The molecule has 0 saturated heterocycles. The van der Waals surface area contributed by atoms with Gasteiger partial charge < -0.3 is 10.2 Å². The van der Waals surface area contributed by atoms with Crippen LogP contribution in [0.2, 0.25) is 0 Å². The largest absolute Gasteiger partial charge is 0.507 e. The number of hydrogen-bond donors (Lipinski definition) is 2. The maximum absolute atomic E-state index is 12.1. The Morgan fingerprint density at radius 2 is 0.976 bits per heavy atom. The van der Waals surface area contributed by atoms with E-state index < -0.39 is 11.9 Å². The molecule has 0 aliphatic rings. The summed E-state index contributed by atoms with van der Waals surface area (Å²) in [6.45, 7) is 16.8. The average Bonchev–Trinajstić information content (AvgIpc) is 2.88. The van der Waals surface area contributed by atoms with Crippen molar-refractivity contribution >= 4 is 11.9 Å². The van der Waals surface area contributed by atoms with E-state index in [0.29, 0.717) is 25.7 Å². The van der Waals surface area contributed by atoms with Gasteiger partial charge in [0, 0.05) is 0 Å². The van der Waals surface area contributed by atoms with Gasteiger partial charge in [-0.1, -0.05) is 89.8 Å². The Kier molecular flexibility index (Phi) is 13.3. The van der Waals surface area contributed by atoms with Crippen molar-refractivity contribution in [2.24, 2.45) is 0 Å². The Hall–Kier alpha value is -3.10. The average molecular weight is 587 g/mol. The van der Waals surface area contributed by atoms with Crippen molar-refractivity contribution in [3.05, 3.63) is 57.6 Å². The molecule has 2 rings (SSSR count). The van der Waals surface area contributed by atoms with Crippen LogP contribution in [0.5, 0.6) is 11.5 Å². The highest BCUT2D eigenvalue weighted by Crippen LogP contribution is 2.36. The molecule has 8 heteroatoms. The van der Waals surface area contributed by atoms with Gasteiger partial charge in [0.25, 0.3) is 0 Å². The quantitative estimate of drug-likeness (QED) is 0.126. The monoisotopic (exact) mass is 586 g/mol. The number of unbranched alkanes of at least 4 members (excludes halogenated alkanes) is 3. The van der Waals surface area contributed by atoms with Crippen LogP contribution in [-0.2, 0) is 52.8 Å². The van der Waals surface area contributed by atoms with Gasteiger partial charge in [-0.2, -0.15) is 9.78 Å². The predicted octanol–water partition coefficient (Wildman–Crippen LogP) is 7.39. The van der Waals surface area contributed by atoms with E-state index in [-0.39, 0.29) is 48.4 Å². The summed E-state index contributed by atoms with van der Waals surface area (Å²) < 4.78 is 0. The Morgan fingerprint density at radius 3 is 1.31 bits per heavy atom. The fourth-order valence-electron chi connectivity index (χ4n) is 4.68. The fourth-order valence-corrected chi connectivity index (χ4v) is 4.68. The molecule has 2 aromatic carbocycles. The molecule has 0 spiro atoms. The Balaban J connectivity index is 1.54. The van der Waals surface area contributed by atoms with Crippen LogP contribution in [0.15, 0.2) is 24.3 Å².